The minimum Gasteiger partial charge on any atom is -0.337 e. The molecule has 20 heavy (non-hydrogen) atoms. The molecule has 0 saturated carbocycles. The standard InChI is InChI=1S/C12H10FN5O.ClH/c1-8-14-7-15-18(8)6-11-16-12(17-19-11)9-3-2-4-10(13)5-9;/h2-5,7H,6H2,1H3;1H. The molecule has 0 saturated heterocycles. The molecule has 0 bridgehead atoms. The molecule has 0 unspecified atom stereocenters. The molecule has 0 amide bonds. The zero-order valence-electron chi connectivity index (χ0n) is 10.5. The van der Waals surface area contributed by atoms with Crippen molar-refractivity contribution >= 4 is 12.4 Å². The predicted molar refractivity (Wildman–Crippen MR) is 70.8 cm³/mol. The van der Waals surface area contributed by atoms with Gasteiger partial charge in [-0.1, -0.05) is 17.3 Å². The van der Waals surface area contributed by atoms with Gasteiger partial charge in [0.1, 0.15) is 24.5 Å². The molecule has 0 atom stereocenters. The van der Waals surface area contributed by atoms with E-state index in [1.165, 1.54) is 18.5 Å². The molecule has 0 aliphatic carbocycles. The summed E-state index contributed by atoms with van der Waals surface area (Å²) in [6.07, 6.45) is 1.46. The lowest BCUT2D eigenvalue weighted by Crippen LogP contribution is -2.04. The first-order valence-electron chi connectivity index (χ1n) is 5.65. The molecule has 2 heterocycles. The van der Waals surface area contributed by atoms with Crippen LogP contribution in [0.25, 0.3) is 11.4 Å². The van der Waals surface area contributed by atoms with Crippen molar-refractivity contribution in [3.8, 4) is 11.4 Å². The summed E-state index contributed by atoms with van der Waals surface area (Å²) in [5, 5.41) is 7.85. The van der Waals surface area contributed by atoms with E-state index in [-0.39, 0.29) is 18.2 Å². The maximum absolute atomic E-state index is 13.1. The molecule has 0 aliphatic heterocycles. The summed E-state index contributed by atoms with van der Waals surface area (Å²) in [4.78, 5) is 8.21. The van der Waals surface area contributed by atoms with E-state index in [0.717, 1.165) is 5.82 Å². The number of hydrogen-bond acceptors (Lipinski definition) is 5. The quantitative estimate of drug-likeness (QED) is 0.741. The Morgan fingerprint density at radius 2 is 2.20 bits per heavy atom. The Bertz CT molecular complexity index is 711. The first kappa shape index (κ1) is 14.1. The number of halogens is 2. The molecule has 0 spiro atoms. The SMILES string of the molecule is Cc1ncnn1Cc1nc(-c2cccc(F)c2)no1.Cl. The molecule has 0 radical (unpaired) electrons. The highest BCUT2D eigenvalue weighted by molar-refractivity contribution is 5.85. The Kier molecular flexibility index (Phi) is 4.09. The van der Waals surface area contributed by atoms with Gasteiger partial charge in [0.05, 0.1) is 0 Å². The Hall–Kier alpha value is -2.28. The number of hydrogen-bond donors (Lipinski definition) is 0. The van der Waals surface area contributed by atoms with Gasteiger partial charge in [0.15, 0.2) is 0 Å². The molecule has 0 aliphatic rings. The van der Waals surface area contributed by atoms with E-state index in [0.29, 0.717) is 23.8 Å². The van der Waals surface area contributed by atoms with E-state index in [2.05, 4.69) is 20.2 Å². The molecule has 8 heteroatoms. The van der Waals surface area contributed by atoms with Crippen LogP contribution < -0.4 is 0 Å². The van der Waals surface area contributed by atoms with Crippen molar-refractivity contribution in [3.63, 3.8) is 0 Å². The van der Waals surface area contributed by atoms with E-state index in [4.69, 9.17) is 4.52 Å². The fourth-order valence-corrected chi connectivity index (χ4v) is 1.67. The van der Waals surface area contributed by atoms with Crippen LogP contribution in [0.1, 0.15) is 11.7 Å². The molecule has 104 valence electrons. The molecule has 0 fully saturated rings. The van der Waals surface area contributed by atoms with Crippen molar-refractivity contribution < 1.29 is 8.91 Å². The van der Waals surface area contributed by atoms with Gasteiger partial charge in [0.25, 0.3) is 0 Å². The Morgan fingerprint density at radius 1 is 1.35 bits per heavy atom. The summed E-state index contributed by atoms with van der Waals surface area (Å²) in [5.41, 5.74) is 0.574. The van der Waals surface area contributed by atoms with Crippen LogP contribution in [0.5, 0.6) is 0 Å². The number of aryl methyl sites for hydroxylation is 1. The van der Waals surface area contributed by atoms with Gasteiger partial charge in [-0.2, -0.15) is 10.1 Å². The molecule has 6 nitrogen and oxygen atoms in total. The summed E-state index contributed by atoms with van der Waals surface area (Å²) in [7, 11) is 0. The highest BCUT2D eigenvalue weighted by Crippen LogP contribution is 2.16. The van der Waals surface area contributed by atoms with E-state index >= 15 is 0 Å². The van der Waals surface area contributed by atoms with Crippen LogP contribution in [-0.4, -0.2) is 24.9 Å². The number of aromatic nitrogens is 5. The first-order valence-corrected chi connectivity index (χ1v) is 5.65. The van der Waals surface area contributed by atoms with Crippen molar-refractivity contribution in [1.29, 1.82) is 0 Å². The zero-order chi connectivity index (χ0) is 13.2. The number of nitrogens with zero attached hydrogens (tertiary/aromatic N) is 5. The van der Waals surface area contributed by atoms with Crippen molar-refractivity contribution in [1.82, 2.24) is 24.9 Å². The van der Waals surface area contributed by atoms with Crippen molar-refractivity contribution in [2.75, 3.05) is 0 Å². The van der Waals surface area contributed by atoms with Crippen LogP contribution in [0, 0.1) is 12.7 Å². The van der Waals surface area contributed by atoms with Gasteiger partial charge >= 0.3 is 0 Å². The molecular weight excluding hydrogens is 285 g/mol. The zero-order valence-corrected chi connectivity index (χ0v) is 11.3. The Morgan fingerprint density at radius 3 is 2.90 bits per heavy atom. The fraction of sp³-hybridized carbons (Fsp3) is 0.167. The van der Waals surface area contributed by atoms with Crippen LogP contribution in [0.2, 0.25) is 0 Å². The summed E-state index contributed by atoms with van der Waals surface area (Å²) in [6.45, 7) is 2.17. The second kappa shape index (κ2) is 5.79. The predicted octanol–water partition coefficient (Wildman–Crippen LogP) is 2.25. The molecule has 0 N–H and O–H groups in total. The maximum Gasteiger partial charge on any atom is 0.248 e. The van der Waals surface area contributed by atoms with E-state index in [1.807, 2.05) is 6.92 Å². The van der Waals surface area contributed by atoms with E-state index < -0.39 is 0 Å². The van der Waals surface area contributed by atoms with Crippen LogP contribution >= 0.6 is 12.4 Å². The average Bonchev–Trinajstić information content (AvgIpc) is 3.00. The normalized spacial score (nSPS) is 10.3. The fourth-order valence-electron chi connectivity index (χ4n) is 1.67. The smallest absolute Gasteiger partial charge is 0.248 e. The lowest BCUT2D eigenvalue weighted by atomic mass is 10.2. The Labute approximate surface area is 120 Å². The largest absolute Gasteiger partial charge is 0.337 e. The first-order chi connectivity index (χ1) is 9.22. The van der Waals surface area contributed by atoms with Crippen LogP contribution in [-0.2, 0) is 6.54 Å². The second-order valence-corrected chi connectivity index (χ2v) is 3.99. The molecule has 2 aromatic heterocycles. The summed E-state index contributed by atoms with van der Waals surface area (Å²) < 4.78 is 19.9. The third-order valence-electron chi connectivity index (χ3n) is 2.65. The summed E-state index contributed by atoms with van der Waals surface area (Å²) >= 11 is 0. The Balaban J connectivity index is 0.00000147. The van der Waals surface area contributed by atoms with Gasteiger partial charge in [-0.25, -0.2) is 14.1 Å². The van der Waals surface area contributed by atoms with Crippen LogP contribution in [0.15, 0.2) is 35.1 Å². The van der Waals surface area contributed by atoms with E-state index in [1.54, 1.807) is 16.8 Å². The van der Waals surface area contributed by atoms with Gasteiger partial charge in [0, 0.05) is 5.56 Å². The monoisotopic (exact) mass is 295 g/mol. The third-order valence-corrected chi connectivity index (χ3v) is 2.65. The van der Waals surface area contributed by atoms with Gasteiger partial charge in [0.2, 0.25) is 11.7 Å². The van der Waals surface area contributed by atoms with Crippen LogP contribution in [0.3, 0.4) is 0 Å². The van der Waals surface area contributed by atoms with Gasteiger partial charge in [-0.3, -0.25) is 0 Å². The van der Waals surface area contributed by atoms with Crippen molar-refractivity contribution in [2.45, 2.75) is 13.5 Å². The number of benzene rings is 1. The minimum absolute atomic E-state index is 0. The lowest BCUT2D eigenvalue weighted by Gasteiger charge is -1.96. The minimum atomic E-state index is -0.337. The maximum atomic E-state index is 13.1. The van der Waals surface area contributed by atoms with E-state index in [9.17, 15) is 4.39 Å². The average molecular weight is 296 g/mol. The second-order valence-electron chi connectivity index (χ2n) is 3.99. The van der Waals surface area contributed by atoms with Crippen LogP contribution in [0.4, 0.5) is 4.39 Å². The highest BCUT2D eigenvalue weighted by atomic mass is 35.5. The molecule has 3 aromatic rings. The van der Waals surface area contributed by atoms with Crippen molar-refractivity contribution in [2.24, 2.45) is 0 Å². The molecule has 1 aromatic carbocycles. The topological polar surface area (TPSA) is 69.6 Å². The highest BCUT2D eigenvalue weighted by Gasteiger charge is 2.11. The third kappa shape index (κ3) is 2.83. The molecular formula is C12H11ClFN5O. The molecule has 3 rings (SSSR count). The summed E-state index contributed by atoms with van der Waals surface area (Å²) in [6, 6.07) is 6.04. The number of rotatable bonds is 3. The van der Waals surface area contributed by atoms with Gasteiger partial charge in [-0.05, 0) is 19.1 Å². The van der Waals surface area contributed by atoms with Crippen molar-refractivity contribution in [3.05, 3.63) is 48.1 Å². The van der Waals surface area contributed by atoms with Gasteiger partial charge < -0.3 is 4.52 Å². The summed E-state index contributed by atoms with van der Waals surface area (Å²) in [5.74, 6) is 1.17. The van der Waals surface area contributed by atoms with Gasteiger partial charge in [-0.15, -0.1) is 12.4 Å². The lowest BCUT2D eigenvalue weighted by molar-refractivity contribution is 0.364.